The third-order valence-corrected chi connectivity index (χ3v) is 2.47. The van der Waals surface area contributed by atoms with Crippen LogP contribution in [0.25, 0.3) is 0 Å². The topological polar surface area (TPSA) is 47.3 Å². The van der Waals surface area contributed by atoms with Crippen LogP contribution in [0.1, 0.15) is 13.3 Å². The number of ether oxygens (including phenoxy) is 1. The van der Waals surface area contributed by atoms with Crippen LogP contribution in [0.5, 0.6) is 5.75 Å². The summed E-state index contributed by atoms with van der Waals surface area (Å²) in [5, 5.41) is 3.17. The molecular formula is C12H19FN2O. The maximum absolute atomic E-state index is 13.3. The second-order valence-corrected chi connectivity index (χ2v) is 3.91. The molecule has 1 atom stereocenters. The van der Waals surface area contributed by atoms with Gasteiger partial charge in [-0.3, -0.25) is 0 Å². The fourth-order valence-corrected chi connectivity index (χ4v) is 1.46. The van der Waals surface area contributed by atoms with Crippen LogP contribution in [0.4, 0.5) is 10.1 Å². The third kappa shape index (κ3) is 3.70. The highest BCUT2D eigenvalue weighted by molar-refractivity contribution is 5.47. The number of halogens is 1. The quantitative estimate of drug-likeness (QED) is 0.782. The molecule has 1 unspecified atom stereocenters. The van der Waals surface area contributed by atoms with E-state index < -0.39 is 0 Å². The van der Waals surface area contributed by atoms with Crippen molar-refractivity contribution in [3.8, 4) is 5.75 Å². The highest BCUT2D eigenvalue weighted by atomic mass is 19.1. The Morgan fingerprint density at radius 2 is 2.25 bits per heavy atom. The summed E-state index contributed by atoms with van der Waals surface area (Å²) in [6.07, 6.45) is 0.964. The molecule has 3 nitrogen and oxygen atoms in total. The number of methoxy groups -OCH3 is 1. The van der Waals surface area contributed by atoms with E-state index in [1.54, 1.807) is 12.1 Å². The minimum Gasteiger partial charge on any atom is -0.494 e. The van der Waals surface area contributed by atoms with Crippen LogP contribution >= 0.6 is 0 Å². The number of hydrogen-bond acceptors (Lipinski definition) is 3. The van der Waals surface area contributed by atoms with Gasteiger partial charge >= 0.3 is 0 Å². The van der Waals surface area contributed by atoms with Gasteiger partial charge in [-0.1, -0.05) is 6.92 Å². The van der Waals surface area contributed by atoms with Crippen LogP contribution in [-0.4, -0.2) is 20.2 Å². The van der Waals surface area contributed by atoms with E-state index in [2.05, 4.69) is 12.2 Å². The zero-order valence-electron chi connectivity index (χ0n) is 9.79. The van der Waals surface area contributed by atoms with Crippen molar-refractivity contribution in [1.82, 2.24) is 0 Å². The van der Waals surface area contributed by atoms with E-state index in [1.165, 1.54) is 13.2 Å². The first-order chi connectivity index (χ1) is 7.67. The molecule has 0 bridgehead atoms. The number of anilines is 1. The third-order valence-electron chi connectivity index (χ3n) is 2.47. The molecule has 0 radical (unpaired) electrons. The lowest BCUT2D eigenvalue weighted by molar-refractivity contribution is 0.386. The number of benzene rings is 1. The summed E-state index contributed by atoms with van der Waals surface area (Å²) in [6, 6.07) is 4.86. The van der Waals surface area contributed by atoms with E-state index in [0.29, 0.717) is 12.5 Å². The fourth-order valence-electron chi connectivity index (χ4n) is 1.46. The van der Waals surface area contributed by atoms with Gasteiger partial charge in [0.2, 0.25) is 0 Å². The van der Waals surface area contributed by atoms with Crippen LogP contribution in [0, 0.1) is 11.7 Å². The molecule has 0 fully saturated rings. The molecule has 3 N–H and O–H groups in total. The van der Waals surface area contributed by atoms with Crippen LogP contribution in [0.3, 0.4) is 0 Å². The monoisotopic (exact) mass is 226 g/mol. The second-order valence-electron chi connectivity index (χ2n) is 3.91. The minimum absolute atomic E-state index is 0.264. The predicted octanol–water partition coefficient (Wildman–Crippen LogP) is 2.23. The number of nitrogens with one attached hydrogen (secondary N) is 1. The van der Waals surface area contributed by atoms with Crippen LogP contribution in [-0.2, 0) is 0 Å². The largest absolute Gasteiger partial charge is 0.494 e. The van der Waals surface area contributed by atoms with Gasteiger partial charge in [0, 0.05) is 18.3 Å². The van der Waals surface area contributed by atoms with Crippen molar-refractivity contribution < 1.29 is 9.13 Å². The molecule has 0 spiro atoms. The molecule has 0 heterocycles. The number of hydrogen-bond donors (Lipinski definition) is 2. The SMILES string of the molecule is COc1ccc(NCC(C)CCN)cc1F. The highest BCUT2D eigenvalue weighted by Gasteiger charge is 2.04. The molecule has 0 amide bonds. The molecule has 0 aromatic heterocycles. The van der Waals surface area contributed by atoms with Crippen molar-refractivity contribution in [2.24, 2.45) is 11.7 Å². The zero-order chi connectivity index (χ0) is 12.0. The van der Waals surface area contributed by atoms with Gasteiger partial charge in [-0.25, -0.2) is 4.39 Å². The summed E-state index contributed by atoms with van der Waals surface area (Å²) in [7, 11) is 1.45. The molecule has 1 rings (SSSR count). The van der Waals surface area contributed by atoms with E-state index in [-0.39, 0.29) is 11.6 Å². The van der Waals surface area contributed by atoms with E-state index in [4.69, 9.17) is 10.5 Å². The van der Waals surface area contributed by atoms with E-state index in [9.17, 15) is 4.39 Å². The summed E-state index contributed by atoms with van der Waals surface area (Å²) in [6.45, 7) is 3.59. The summed E-state index contributed by atoms with van der Waals surface area (Å²) >= 11 is 0. The van der Waals surface area contributed by atoms with Crippen LogP contribution in [0.2, 0.25) is 0 Å². The second kappa shape index (κ2) is 6.33. The van der Waals surface area contributed by atoms with Crippen molar-refractivity contribution >= 4 is 5.69 Å². The minimum atomic E-state index is -0.348. The molecule has 4 heteroatoms. The first kappa shape index (κ1) is 12.8. The van der Waals surface area contributed by atoms with Crippen molar-refractivity contribution in [2.75, 3.05) is 25.5 Å². The van der Waals surface area contributed by atoms with Gasteiger partial charge in [0.1, 0.15) is 0 Å². The Morgan fingerprint density at radius 3 is 2.81 bits per heavy atom. The molecule has 0 aliphatic carbocycles. The smallest absolute Gasteiger partial charge is 0.167 e. The van der Waals surface area contributed by atoms with Gasteiger partial charge in [0.25, 0.3) is 0 Å². The summed E-state index contributed by atoms with van der Waals surface area (Å²) in [4.78, 5) is 0. The van der Waals surface area contributed by atoms with Crippen LogP contribution in [0.15, 0.2) is 18.2 Å². The molecule has 0 aliphatic heterocycles. The Kier molecular flexibility index (Phi) is 5.05. The Hall–Kier alpha value is -1.29. The molecule has 16 heavy (non-hydrogen) atoms. The van der Waals surface area contributed by atoms with Crippen molar-refractivity contribution in [2.45, 2.75) is 13.3 Å². The van der Waals surface area contributed by atoms with E-state index in [0.717, 1.165) is 18.7 Å². The molecule has 0 aliphatic rings. The molecular weight excluding hydrogens is 207 g/mol. The zero-order valence-corrected chi connectivity index (χ0v) is 9.79. The fraction of sp³-hybridized carbons (Fsp3) is 0.500. The lowest BCUT2D eigenvalue weighted by Crippen LogP contribution is -2.15. The summed E-state index contributed by atoms with van der Waals surface area (Å²) in [5.41, 5.74) is 6.22. The van der Waals surface area contributed by atoms with Gasteiger partial charge < -0.3 is 15.8 Å². The standard InChI is InChI=1S/C12H19FN2O/c1-9(5-6-14)8-15-10-3-4-12(16-2)11(13)7-10/h3-4,7,9,15H,5-6,8,14H2,1-2H3. The normalized spacial score (nSPS) is 12.2. The highest BCUT2D eigenvalue weighted by Crippen LogP contribution is 2.20. The Bertz CT molecular complexity index is 331. The molecule has 90 valence electrons. The van der Waals surface area contributed by atoms with Gasteiger partial charge in [0.05, 0.1) is 7.11 Å². The van der Waals surface area contributed by atoms with Gasteiger partial charge in [0.15, 0.2) is 11.6 Å². The van der Waals surface area contributed by atoms with Crippen molar-refractivity contribution in [3.05, 3.63) is 24.0 Å². The Labute approximate surface area is 95.8 Å². The average Bonchev–Trinajstić information content (AvgIpc) is 2.27. The Balaban J connectivity index is 2.51. The molecule has 1 aromatic carbocycles. The van der Waals surface area contributed by atoms with Gasteiger partial charge in [-0.05, 0) is 31.0 Å². The molecule has 0 saturated carbocycles. The first-order valence-corrected chi connectivity index (χ1v) is 5.45. The van der Waals surface area contributed by atoms with Crippen molar-refractivity contribution in [1.29, 1.82) is 0 Å². The maximum Gasteiger partial charge on any atom is 0.167 e. The predicted molar refractivity (Wildman–Crippen MR) is 64.3 cm³/mol. The van der Waals surface area contributed by atoms with Gasteiger partial charge in [-0.2, -0.15) is 0 Å². The lowest BCUT2D eigenvalue weighted by atomic mass is 10.1. The average molecular weight is 226 g/mol. The number of rotatable bonds is 6. The van der Waals surface area contributed by atoms with Gasteiger partial charge in [-0.15, -0.1) is 0 Å². The van der Waals surface area contributed by atoms with E-state index in [1.807, 2.05) is 0 Å². The van der Waals surface area contributed by atoms with E-state index >= 15 is 0 Å². The first-order valence-electron chi connectivity index (χ1n) is 5.45. The summed E-state index contributed by atoms with van der Waals surface area (Å²) < 4.78 is 18.2. The lowest BCUT2D eigenvalue weighted by Gasteiger charge is -2.13. The molecule has 1 aromatic rings. The number of nitrogens with two attached hydrogens (primary N) is 1. The van der Waals surface area contributed by atoms with Crippen molar-refractivity contribution in [3.63, 3.8) is 0 Å². The van der Waals surface area contributed by atoms with Crippen LogP contribution < -0.4 is 15.8 Å². The maximum atomic E-state index is 13.3. The molecule has 0 saturated heterocycles. The Morgan fingerprint density at radius 1 is 1.50 bits per heavy atom. The summed E-state index contributed by atoms with van der Waals surface area (Å²) in [5.74, 6) is 0.398.